The van der Waals surface area contributed by atoms with Gasteiger partial charge >= 0.3 is 0 Å². The Labute approximate surface area is 128 Å². The van der Waals surface area contributed by atoms with Crippen molar-refractivity contribution in [3.05, 3.63) is 64.7 Å². The van der Waals surface area contributed by atoms with E-state index in [1.54, 1.807) is 0 Å². The summed E-state index contributed by atoms with van der Waals surface area (Å²) in [7, 11) is 2.10. The smallest absolute Gasteiger partial charge is 0.0475 e. The number of hydrogen-bond donors (Lipinski definition) is 1. The molecular formula is C19H26N2. The highest BCUT2D eigenvalue weighted by Crippen LogP contribution is 2.21. The van der Waals surface area contributed by atoms with E-state index >= 15 is 0 Å². The predicted molar refractivity (Wildman–Crippen MR) is 91.9 cm³/mol. The molecule has 1 atom stereocenters. The zero-order valence-corrected chi connectivity index (χ0v) is 13.6. The van der Waals surface area contributed by atoms with Crippen LogP contribution in [-0.2, 0) is 6.42 Å². The van der Waals surface area contributed by atoms with Crippen LogP contribution < -0.4 is 10.6 Å². The van der Waals surface area contributed by atoms with Crippen LogP contribution in [0.5, 0.6) is 0 Å². The summed E-state index contributed by atoms with van der Waals surface area (Å²) in [5, 5.41) is 0. The maximum atomic E-state index is 6.42. The van der Waals surface area contributed by atoms with Crippen LogP contribution in [0.1, 0.15) is 35.2 Å². The third-order valence-corrected chi connectivity index (χ3v) is 4.09. The molecule has 0 aliphatic carbocycles. The lowest BCUT2D eigenvalue weighted by molar-refractivity contribution is 0.698. The van der Waals surface area contributed by atoms with Crippen molar-refractivity contribution >= 4 is 5.69 Å². The first-order chi connectivity index (χ1) is 10.0. The van der Waals surface area contributed by atoms with E-state index in [1.165, 1.54) is 27.9 Å². The van der Waals surface area contributed by atoms with Crippen LogP contribution in [0.15, 0.2) is 42.5 Å². The van der Waals surface area contributed by atoms with Crippen molar-refractivity contribution in [2.24, 2.45) is 5.73 Å². The van der Waals surface area contributed by atoms with Gasteiger partial charge in [0, 0.05) is 25.3 Å². The molecule has 2 heteroatoms. The molecule has 0 heterocycles. The van der Waals surface area contributed by atoms with Gasteiger partial charge in [-0.25, -0.2) is 0 Å². The summed E-state index contributed by atoms with van der Waals surface area (Å²) < 4.78 is 0. The van der Waals surface area contributed by atoms with E-state index < -0.39 is 0 Å². The second-order valence-corrected chi connectivity index (χ2v) is 5.87. The van der Waals surface area contributed by atoms with Gasteiger partial charge in [-0.1, -0.05) is 42.8 Å². The Morgan fingerprint density at radius 3 is 2.33 bits per heavy atom. The van der Waals surface area contributed by atoms with E-state index in [9.17, 15) is 0 Å². The zero-order valence-electron chi connectivity index (χ0n) is 13.6. The molecule has 0 aromatic heterocycles. The van der Waals surface area contributed by atoms with Crippen molar-refractivity contribution in [3.8, 4) is 0 Å². The third kappa shape index (κ3) is 3.85. The molecule has 0 fully saturated rings. The number of nitrogens with zero attached hydrogens (tertiary/aromatic N) is 1. The Morgan fingerprint density at radius 1 is 1.05 bits per heavy atom. The van der Waals surface area contributed by atoms with Gasteiger partial charge in [0.2, 0.25) is 0 Å². The minimum Gasteiger partial charge on any atom is -0.373 e. The summed E-state index contributed by atoms with van der Waals surface area (Å²) in [5.74, 6) is 0. The fourth-order valence-electron chi connectivity index (χ4n) is 2.64. The van der Waals surface area contributed by atoms with Crippen molar-refractivity contribution in [1.29, 1.82) is 0 Å². The van der Waals surface area contributed by atoms with Crippen LogP contribution in [0.2, 0.25) is 0 Å². The van der Waals surface area contributed by atoms with Gasteiger partial charge in [0.1, 0.15) is 0 Å². The maximum Gasteiger partial charge on any atom is 0.0475 e. The largest absolute Gasteiger partial charge is 0.373 e. The highest BCUT2D eigenvalue weighted by molar-refractivity contribution is 5.47. The van der Waals surface area contributed by atoms with Crippen LogP contribution >= 0.6 is 0 Å². The lowest BCUT2D eigenvalue weighted by Crippen LogP contribution is -2.29. The average Bonchev–Trinajstić information content (AvgIpc) is 2.49. The fourth-order valence-corrected chi connectivity index (χ4v) is 2.64. The van der Waals surface area contributed by atoms with Crippen LogP contribution in [0, 0.1) is 13.8 Å². The number of aryl methyl sites for hydroxylation is 3. The second kappa shape index (κ2) is 6.77. The van der Waals surface area contributed by atoms with Crippen LogP contribution in [0.3, 0.4) is 0 Å². The van der Waals surface area contributed by atoms with Gasteiger partial charge in [-0.2, -0.15) is 0 Å². The number of likely N-dealkylation sites (N-methyl/N-ethyl adjacent to an activating group) is 1. The van der Waals surface area contributed by atoms with Crippen molar-refractivity contribution < 1.29 is 0 Å². The summed E-state index contributed by atoms with van der Waals surface area (Å²) in [6.45, 7) is 7.23. The topological polar surface area (TPSA) is 29.3 Å². The molecule has 0 saturated heterocycles. The van der Waals surface area contributed by atoms with Gasteiger partial charge in [-0.15, -0.1) is 0 Å². The third-order valence-electron chi connectivity index (χ3n) is 4.09. The van der Waals surface area contributed by atoms with Crippen LogP contribution in [0.25, 0.3) is 0 Å². The van der Waals surface area contributed by atoms with Gasteiger partial charge in [-0.3, -0.25) is 0 Å². The highest BCUT2D eigenvalue weighted by Gasteiger charge is 2.12. The summed E-state index contributed by atoms with van der Waals surface area (Å²) in [4.78, 5) is 2.23. The summed E-state index contributed by atoms with van der Waals surface area (Å²) >= 11 is 0. The molecule has 0 spiro atoms. The molecular weight excluding hydrogens is 256 g/mol. The molecule has 0 radical (unpaired) electrons. The van der Waals surface area contributed by atoms with E-state index in [0.717, 1.165) is 13.0 Å². The first kappa shape index (κ1) is 15.6. The standard InChI is InChI=1S/C19H26N2/c1-5-16-8-10-17(11-9-16)21(4)13-19(20)18-12-14(2)6-7-15(18)3/h6-12,19H,5,13,20H2,1-4H3. The quantitative estimate of drug-likeness (QED) is 0.898. The van der Waals surface area contributed by atoms with Crippen LogP contribution in [-0.4, -0.2) is 13.6 Å². The first-order valence-corrected chi connectivity index (χ1v) is 7.64. The molecule has 2 aromatic carbocycles. The molecule has 112 valence electrons. The predicted octanol–water partition coefficient (Wildman–Crippen LogP) is 4.00. The SMILES string of the molecule is CCc1ccc(N(C)CC(N)c2cc(C)ccc2C)cc1. The molecule has 0 amide bonds. The zero-order chi connectivity index (χ0) is 15.4. The lowest BCUT2D eigenvalue weighted by atomic mass is 9.99. The second-order valence-electron chi connectivity index (χ2n) is 5.87. The van der Waals surface area contributed by atoms with Gasteiger partial charge < -0.3 is 10.6 Å². The Bertz CT molecular complexity index is 587. The van der Waals surface area contributed by atoms with E-state index in [1.807, 2.05) is 0 Å². The molecule has 0 aliphatic rings. The van der Waals surface area contributed by atoms with Gasteiger partial charge in [0.25, 0.3) is 0 Å². The maximum absolute atomic E-state index is 6.42. The monoisotopic (exact) mass is 282 g/mol. The summed E-state index contributed by atoms with van der Waals surface area (Å²) in [5.41, 5.74) is 12.8. The minimum absolute atomic E-state index is 0.0285. The number of benzene rings is 2. The molecule has 0 aliphatic heterocycles. The lowest BCUT2D eigenvalue weighted by Gasteiger charge is -2.25. The van der Waals surface area contributed by atoms with Crippen molar-refractivity contribution in [2.75, 3.05) is 18.5 Å². The summed E-state index contributed by atoms with van der Waals surface area (Å²) in [6.07, 6.45) is 1.08. The summed E-state index contributed by atoms with van der Waals surface area (Å²) in [6, 6.07) is 15.3. The molecule has 2 rings (SSSR count). The van der Waals surface area contributed by atoms with Gasteiger partial charge in [-0.05, 0) is 49.1 Å². The number of nitrogens with two attached hydrogens (primary N) is 1. The van der Waals surface area contributed by atoms with E-state index in [0.29, 0.717) is 0 Å². The molecule has 2 N–H and O–H groups in total. The van der Waals surface area contributed by atoms with E-state index in [4.69, 9.17) is 5.73 Å². The normalized spacial score (nSPS) is 12.2. The fraction of sp³-hybridized carbons (Fsp3) is 0.368. The average molecular weight is 282 g/mol. The Kier molecular flexibility index (Phi) is 5.03. The number of hydrogen-bond acceptors (Lipinski definition) is 2. The molecule has 21 heavy (non-hydrogen) atoms. The van der Waals surface area contributed by atoms with E-state index in [2.05, 4.69) is 75.2 Å². The Hall–Kier alpha value is -1.80. The molecule has 2 aromatic rings. The molecule has 2 nitrogen and oxygen atoms in total. The Morgan fingerprint density at radius 2 is 1.71 bits per heavy atom. The van der Waals surface area contributed by atoms with Gasteiger partial charge in [0.15, 0.2) is 0 Å². The highest BCUT2D eigenvalue weighted by atomic mass is 15.1. The Balaban J connectivity index is 2.10. The van der Waals surface area contributed by atoms with Crippen molar-refractivity contribution in [1.82, 2.24) is 0 Å². The van der Waals surface area contributed by atoms with Crippen LogP contribution in [0.4, 0.5) is 5.69 Å². The minimum atomic E-state index is 0.0285. The molecule has 0 bridgehead atoms. The number of rotatable bonds is 5. The number of anilines is 1. The van der Waals surface area contributed by atoms with E-state index in [-0.39, 0.29) is 6.04 Å². The first-order valence-electron chi connectivity index (χ1n) is 7.64. The van der Waals surface area contributed by atoms with Crippen molar-refractivity contribution in [3.63, 3.8) is 0 Å². The van der Waals surface area contributed by atoms with Gasteiger partial charge in [0.05, 0.1) is 0 Å². The molecule has 0 saturated carbocycles. The van der Waals surface area contributed by atoms with Crippen molar-refractivity contribution in [2.45, 2.75) is 33.2 Å². The molecule has 1 unspecified atom stereocenters.